The van der Waals surface area contributed by atoms with Gasteiger partial charge < -0.3 is 5.32 Å². The summed E-state index contributed by atoms with van der Waals surface area (Å²) in [5.41, 5.74) is 0.714. The first-order valence-corrected chi connectivity index (χ1v) is 8.19. The Kier molecular flexibility index (Phi) is 5.88. The molecule has 1 aromatic rings. The largest absolute Gasteiger partial charge is 0.353 e. The average Bonchev–Trinajstić information content (AvgIpc) is 2.37. The van der Waals surface area contributed by atoms with Crippen LogP contribution < -0.4 is 10.0 Å². The van der Waals surface area contributed by atoms with E-state index in [2.05, 4.69) is 10.0 Å². The number of sulfonamides is 1. The second kappa shape index (κ2) is 7.20. The van der Waals surface area contributed by atoms with Crippen LogP contribution in [0.5, 0.6) is 0 Å². The van der Waals surface area contributed by atoms with Gasteiger partial charge in [0.05, 0.1) is 23.4 Å². The molecule has 0 spiro atoms. The third-order valence-corrected chi connectivity index (χ3v) is 4.07. The van der Waals surface area contributed by atoms with Gasteiger partial charge in [0.1, 0.15) is 0 Å². The molecule has 0 saturated carbocycles. The summed E-state index contributed by atoms with van der Waals surface area (Å²) < 4.78 is 26.4. The van der Waals surface area contributed by atoms with Gasteiger partial charge in [-0.1, -0.05) is 18.2 Å². The summed E-state index contributed by atoms with van der Waals surface area (Å²) in [5, 5.41) is 11.6. The highest BCUT2D eigenvalue weighted by Crippen LogP contribution is 2.11. The van der Waals surface area contributed by atoms with E-state index >= 15 is 0 Å². The van der Waals surface area contributed by atoms with E-state index in [1.165, 1.54) is 6.92 Å². The number of nitriles is 1. The number of amides is 1. The van der Waals surface area contributed by atoms with Gasteiger partial charge in [0.2, 0.25) is 15.9 Å². The molecule has 1 amide bonds. The van der Waals surface area contributed by atoms with Crippen molar-refractivity contribution in [2.75, 3.05) is 0 Å². The van der Waals surface area contributed by atoms with Crippen molar-refractivity contribution in [2.24, 2.45) is 0 Å². The highest BCUT2D eigenvalue weighted by molar-refractivity contribution is 7.88. The van der Waals surface area contributed by atoms with Crippen molar-refractivity contribution in [3.63, 3.8) is 0 Å². The topological polar surface area (TPSA) is 99.1 Å². The van der Waals surface area contributed by atoms with Gasteiger partial charge in [-0.25, -0.2) is 13.1 Å². The van der Waals surface area contributed by atoms with Crippen molar-refractivity contribution >= 4 is 15.9 Å². The quantitative estimate of drug-likeness (QED) is 0.815. The molecule has 0 bridgehead atoms. The van der Waals surface area contributed by atoms with E-state index in [0.717, 1.165) is 0 Å². The maximum Gasteiger partial charge on any atom is 0.238 e. The highest BCUT2D eigenvalue weighted by atomic mass is 32.2. The van der Waals surface area contributed by atoms with Crippen LogP contribution in [0.15, 0.2) is 24.3 Å². The fraction of sp³-hybridized carbons (Fsp3) is 0.429. The lowest BCUT2D eigenvalue weighted by Crippen LogP contribution is -2.47. The Morgan fingerprint density at radius 2 is 1.90 bits per heavy atom. The Hall–Kier alpha value is -1.91. The van der Waals surface area contributed by atoms with Crippen LogP contribution in [0.25, 0.3) is 0 Å². The van der Waals surface area contributed by atoms with E-state index < -0.39 is 16.1 Å². The molecule has 1 aromatic carbocycles. The minimum atomic E-state index is -3.71. The molecule has 0 fully saturated rings. The molecule has 0 aliphatic rings. The molecule has 0 aliphatic heterocycles. The molecule has 0 aliphatic carbocycles. The molecule has 7 heteroatoms. The number of carbonyl (C=O) groups is 1. The van der Waals surface area contributed by atoms with E-state index in [9.17, 15) is 13.2 Å². The Balaban J connectivity index is 2.79. The Morgan fingerprint density at radius 3 is 2.48 bits per heavy atom. The van der Waals surface area contributed by atoms with Crippen molar-refractivity contribution in [3.8, 4) is 6.07 Å². The zero-order chi connectivity index (χ0) is 16.0. The third kappa shape index (κ3) is 5.53. The Bertz CT molecular complexity index is 648. The number of hydrogen-bond acceptors (Lipinski definition) is 4. The van der Waals surface area contributed by atoms with Crippen molar-refractivity contribution in [1.29, 1.82) is 5.26 Å². The zero-order valence-corrected chi connectivity index (χ0v) is 13.1. The van der Waals surface area contributed by atoms with Crippen LogP contribution >= 0.6 is 0 Å². The fourth-order valence-corrected chi connectivity index (χ4v) is 3.12. The number of nitrogens with one attached hydrogen (secondary N) is 2. The molecule has 0 radical (unpaired) electrons. The van der Waals surface area contributed by atoms with Crippen molar-refractivity contribution in [2.45, 2.75) is 38.6 Å². The highest BCUT2D eigenvalue weighted by Gasteiger charge is 2.21. The number of carbonyl (C=O) groups excluding carboxylic acids is 1. The summed E-state index contributed by atoms with van der Waals surface area (Å²) in [6.07, 6.45) is 0. The first-order chi connectivity index (χ1) is 9.75. The lowest BCUT2D eigenvalue weighted by molar-refractivity contribution is -0.122. The minimum absolute atomic E-state index is 0.0660. The molecular weight excluding hydrogens is 290 g/mol. The number of nitrogens with zero attached hydrogens (tertiary/aromatic N) is 1. The predicted octanol–water partition coefficient (Wildman–Crippen LogP) is 0.891. The molecule has 114 valence electrons. The van der Waals surface area contributed by atoms with E-state index in [1.54, 1.807) is 38.1 Å². The van der Waals surface area contributed by atoms with Gasteiger partial charge in [-0.2, -0.15) is 5.26 Å². The molecule has 0 heterocycles. The number of benzene rings is 1. The van der Waals surface area contributed by atoms with Gasteiger partial charge in [-0.05, 0) is 32.4 Å². The second-order valence-corrected chi connectivity index (χ2v) is 6.78. The smallest absolute Gasteiger partial charge is 0.238 e. The van der Waals surface area contributed by atoms with Crippen LogP contribution in [-0.2, 0) is 20.6 Å². The predicted molar refractivity (Wildman–Crippen MR) is 79.7 cm³/mol. The summed E-state index contributed by atoms with van der Waals surface area (Å²) in [4.78, 5) is 11.7. The van der Waals surface area contributed by atoms with Gasteiger partial charge in [0.25, 0.3) is 0 Å². The van der Waals surface area contributed by atoms with Crippen LogP contribution in [0.3, 0.4) is 0 Å². The third-order valence-electron chi connectivity index (χ3n) is 2.66. The van der Waals surface area contributed by atoms with E-state index in [-0.39, 0.29) is 17.7 Å². The summed E-state index contributed by atoms with van der Waals surface area (Å²) in [6.45, 7) is 5.07. The monoisotopic (exact) mass is 309 g/mol. The second-order valence-electron chi connectivity index (χ2n) is 5.03. The number of rotatable bonds is 6. The molecule has 0 aromatic heterocycles. The van der Waals surface area contributed by atoms with Gasteiger partial charge in [0, 0.05) is 6.04 Å². The SMILES string of the molecule is CC(C)NC(=O)C(C)NS(=O)(=O)Cc1ccccc1C#N. The van der Waals surface area contributed by atoms with Gasteiger partial charge in [-0.3, -0.25) is 4.79 Å². The summed E-state index contributed by atoms with van der Waals surface area (Å²) in [6, 6.07) is 7.48. The fourth-order valence-electron chi connectivity index (χ4n) is 1.73. The molecule has 0 saturated heterocycles. The maximum atomic E-state index is 12.1. The zero-order valence-electron chi connectivity index (χ0n) is 12.3. The minimum Gasteiger partial charge on any atom is -0.353 e. The summed E-state index contributed by atoms with van der Waals surface area (Å²) in [5.74, 6) is -0.724. The van der Waals surface area contributed by atoms with Gasteiger partial charge in [0.15, 0.2) is 0 Å². The first-order valence-electron chi connectivity index (χ1n) is 6.53. The van der Waals surface area contributed by atoms with Crippen molar-refractivity contribution in [1.82, 2.24) is 10.0 Å². The summed E-state index contributed by atoms with van der Waals surface area (Å²) in [7, 11) is -3.71. The molecule has 21 heavy (non-hydrogen) atoms. The maximum absolute atomic E-state index is 12.1. The first kappa shape index (κ1) is 17.1. The van der Waals surface area contributed by atoms with Gasteiger partial charge in [-0.15, -0.1) is 0 Å². The van der Waals surface area contributed by atoms with Crippen LogP contribution in [0, 0.1) is 11.3 Å². The summed E-state index contributed by atoms with van der Waals surface area (Å²) >= 11 is 0. The van der Waals surface area contributed by atoms with Crippen LogP contribution in [0.2, 0.25) is 0 Å². The van der Waals surface area contributed by atoms with Gasteiger partial charge >= 0.3 is 0 Å². The van der Waals surface area contributed by atoms with E-state index in [1.807, 2.05) is 6.07 Å². The van der Waals surface area contributed by atoms with E-state index in [0.29, 0.717) is 11.1 Å². The molecule has 1 atom stereocenters. The Labute approximate surface area is 125 Å². The van der Waals surface area contributed by atoms with Crippen molar-refractivity contribution < 1.29 is 13.2 Å². The lowest BCUT2D eigenvalue weighted by atomic mass is 10.1. The van der Waals surface area contributed by atoms with Crippen LogP contribution in [0.1, 0.15) is 31.9 Å². The average molecular weight is 309 g/mol. The lowest BCUT2D eigenvalue weighted by Gasteiger charge is -2.16. The van der Waals surface area contributed by atoms with Crippen molar-refractivity contribution in [3.05, 3.63) is 35.4 Å². The molecule has 1 unspecified atom stereocenters. The Morgan fingerprint density at radius 1 is 1.29 bits per heavy atom. The van der Waals surface area contributed by atoms with E-state index in [4.69, 9.17) is 5.26 Å². The van der Waals surface area contributed by atoms with Crippen LogP contribution in [0.4, 0.5) is 0 Å². The molecule has 2 N–H and O–H groups in total. The normalized spacial score (nSPS) is 12.7. The molecule has 6 nitrogen and oxygen atoms in total. The molecular formula is C14H19N3O3S. The molecule has 1 rings (SSSR count). The number of hydrogen-bond donors (Lipinski definition) is 2. The van der Waals surface area contributed by atoms with Crippen LogP contribution in [-0.4, -0.2) is 26.4 Å². The standard InChI is InChI=1S/C14H19N3O3S/c1-10(2)16-14(18)11(3)17-21(19,20)9-13-7-5-4-6-12(13)8-15/h4-7,10-11,17H,9H2,1-3H3,(H,16,18).